The summed E-state index contributed by atoms with van der Waals surface area (Å²) in [5, 5.41) is 0. The van der Waals surface area contributed by atoms with E-state index in [1.807, 2.05) is 32.9 Å². The third-order valence-corrected chi connectivity index (χ3v) is 7.49. The number of benzene rings is 2. The number of primary amides is 1. The number of fused-ring (bicyclic) bond motifs is 2. The van der Waals surface area contributed by atoms with Gasteiger partial charge in [-0.15, -0.1) is 0 Å². The Balaban J connectivity index is 1.46. The van der Waals surface area contributed by atoms with Crippen molar-refractivity contribution in [2.45, 2.75) is 71.0 Å². The highest BCUT2D eigenvalue weighted by Crippen LogP contribution is 2.43. The van der Waals surface area contributed by atoms with Crippen LogP contribution in [0.4, 0.5) is 8.78 Å². The van der Waals surface area contributed by atoms with Crippen LogP contribution >= 0.6 is 0 Å². The summed E-state index contributed by atoms with van der Waals surface area (Å²) in [6, 6.07) is 12.2. The Labute approximate surface area is 206 Å². The van der Waals surface area contributed by atoms with Crippen LogP contribution in [0.25, 0.3) is 0 Å². The van der Waals surface area contributed by atoms with Crippen molar-refractivity contribution in [3.05, 3.63) is 70.8 Å². The number of hydrogen-bond acceptors (Lipinski definition) is 3. The molecular weight excluding hydrogens is 448 g/mol. The molecule has 2 aliphatic rings. The average Bonchev–Trinajstić information content (AvgIpc) is 3.04. The standard InChI is InChI=1S/C28H35F2N3O2/c1-28(2,3)27(35)32(17-23-24(29)8-5-9-25(23)30)12-13-33-21-10-11-22(33)16-20(15-21)18-6-4-7-19(14-18)26(31)34/h4-9,14,20-22H,10-13,15-17H2,1-3H3,(H2,31,34). The minimum Gasteiger partial charge on any atom is -0.366 e. The van der Waals surface area contributed by atoms with Gasteiger partial charge in [-0.2, -0.15) is 0 Å². The molecule has 2 unspecified atom stereocenters. The first kappa shape index (κ1) is 25.3. The number of carbonyl (C=O) groups is 2. The second-order valence-corrected chi connectivity index (χ2v) is 11.0. The van der Waals surface area contributed by atoms with E-state index < -0.39 is 23.0 Å². The minimum atomic E-state index is -0.654. The maximum atomic E-state index is 14.4. The Hall–Kier alpha value is -2.80. The lowest BCUT2D eigenvalue weighted by Crippen LogP contribution is -2.48. The van der Waals surface area contributed by atoms with Gasteiger partial charge in [0.05, 0.1) is 6.54 Å². The average molecular weight is 484 g/mol. The Morgan fingerprint density at radius 1 is 1.03 bits per heavy atom. The third-order valence-electron chi connectivity index (χ3n) is 7.49. The molecule has 2 aromatic carbocycles. The van der Waals surface area contributed by atoms with Crippen molar-refractivity contribution >= 4 is 11.8 Å². The second kappa shape index (κ2) is 10.1. The third kappa shape index (κ3) is 5.56. The molecule has 0 aromatic heterocycles. The molecule has 0 saturated carbocycles. The highest BCUT2D eigenvalue weighted by molar-refractivity contribution is 5.92. The van der Waals surface area contributed by atoms with Crippen LogP contribution in [-0.2, 0) is 11.3 Å². The van der Waals surface area contributed by atoms with Gasteiger partial charge in [0, 0.05) is 41.7 Å². The van der Waals surface area contributed by atoms with Crippen LogP contribution < -0.4 is 5.73 Å². The van der Waals surface area contributed by atoms with Crippen molar-refractivity contribution in [3.8, 4) is 0 Å². The SMILES string of the molecule is CC(C)(C)C(=O)N(CCN1C2CCC1CC(c1cccc(C(N)=O)c1)C2)Cc1c(F)cccc1F. The lowest BCUT2D eigenvalue weighted by atomic mass is 9.84. The molecule has 2 bridgehead atoms. The van der Waals surface area contributed by atoms with Crippen molar-refractivity contribution in [1.82, 2.24) is 9.80 Å². The summed E-state index contributed by atoms with van der Waals surface area (Å²) in [4.78, 5) is 28.9. The Bertz CT molecular complexity index is 1060. The van der Waals surface area contributed by atoms with Crippen LogP contribution in [0, 0.1) is 17.0 Å². The number of nitrogens with two attached hydrogens (primary N) is 1. The van der Waals surface area contributed by atoms with E-state index in [0.717, 1.165) is 31.2 Å². The molecule has 35 heavy (non-hydrogen) atoms. The molecule has 0 radical (unpaired) electrons. The van der Waals surface area contributed by atoms with Gasteiger partial charge in [0.15, 0.2) is 0 Å². The number of piperidine rings is 1. The Morgan fingerprint density at radius 2 is 1.63 bits per heavy atom. The van der Waals surface area contributed by atoms with Crippen molar-refractivity contribution in [2.75, 3.05) is 13.1 Å². The van der Waals surface area contributed by atoms with Crippen LogP contribution in [0.2, 0.25) is 0 Å². The zero-order chi connectivity index (χ0) is 25.3. The normalized spacial score (nSPS) is 22.3. The maximum absolute atomic E-state index is 14.4. The predicted octanol–water partition coefficient (Wildman–Crippen LogP) is 4.85. The van der Waals surface area contributed by atoms with Gasteiger partial charge >= 0.3 is 0 Å². The highest BCUT2D eigenvalue weighted by Gasteiger charge is 2.41. The summed E-state index contributed by atoms with van der Waals surface area (Å²) in [7, 11) is 0. The van der Waals surface area contributed by atoms with E-state index in [9.17, 15) is 18.4 Å². The van der Waals surface area contributed by atoms with Gasteiger partial charge < -0.3 is 10.6 Å². The fourth-order valence-electron chi connectivity index (χ4n) is 5.69. The molecule has 2 aromatic rings. The van der Waals surface area contributed by atoms with Crippen molar-refractivity contribution < 1.29 is 18.4 Å². The van der Waals surface area contributed by atoms with Gasteiger partial charge in [-0.05, 0) is 61.4 Å². The molecule has 2 saturated heterocycles. The van der Waals surface area contributed by atoms with Gasteiger partial charge in [-0.25, -0.2) is 8.78 Å². The van der Waals surface area contributed by atoms with Gasteiger partial charge in [0.2, 0.25) is 11.8 Å². The van der Waals surface area contributed by atoms with E-state index in [0.29, 0.717) is 36.7 Å². The van der Waals surface area contributed by atoms with E-state index in [-0.39, 0.29) is 18.0 Å². The minimum absolute atomic E-state index is 0.0684. The molecule has 7 heteroatoms. The summed E-state index contributed by atoms with van der Waals surface area (Å²) in [5.41, 5.74) is 6.44. The molecule has 2 N–H and O–H groups in total. The summed E-state index contributed by atoms with van der Waals surface area (Å²) < 4.78 is 28.7. The van der Waals surface area contributed by atoms with E-state index in [4.69, 9.17) is 5.73 Å². The molecule has 2 atom stereocenters. The van der Waals surface area contributed by atoms with Gasteiger partial charge in [-0.1, -0.05) is 39.0 Å². The van der Waals surface area contributed by atoms with Crippen molar-refractivity contribution in [3.63, 3.8) is 0 Å². The van der Waals surface area contributed by atoms with E-state index in [1.165, 1.54) is 18.2 Å². The first-order valence-corrected chi connectivity index (χ1v) is 12.4. The van der Waals surface area contributed by atoms with Crippen LogP contribution in [0.1, 0.15) is 73.9 Å². The molecule has 2 fully saturated rings. The highest BCUT2D eigenvalue weighted by atomic mass is 19.1. The number of rotatable bonds is 7. The summed E-state index contributed by atoms with van der Waals surface area (Å²) in [6.07, 6.45) is 4.14. The summed E-state index contributed by atoms with van der Waals surface area (Å²) in [6.45, 7) is 6.49. The molecule has 0 aliphatic carbocycles. The first-order chi connectivity index (χ1) is 16.5. The number of carbonyl (C=O) groups excluding carboxylic acids is 2. The molecule has 5 nitrogen and oxygen atoms in total. The molecule has 2 aliphatic heterocycles. The second-order valence-electron chi connectivity index (χ2n) is 11.0. The molecular formula is C28H35F2N3O2. The zero-order valence-corrected chi connectivity index (χ0v) is 20.8. The smallest absolute Gasteiger partial charge is 0.248 e. The molecule has 2 amide bonds. The topological polar surface area (TPSA) is 66.6 Å². The summed E-state index contributed by atoms with van der Waals surface area (Å²) >= 11 is 0. The summed E-state index contributed by atoms with van der Waals surface area (Å²) in [5.74, 6) is -1.43. The predicted molar refractivity (Wildman–Crippen MR) is 132 cm³/mol. The quantitative estimate of drug-likeness (QED) is 0.612. The fourth-order valence-corrected chi connectivity index (χ4v) is 5.69. The Morgan fingerprint density at radius 3 is 2.20 bits per heavy atom. The van der Waals surface area contributed by atoms with E-state index >= 15 is 0 Å². The van der Waals surface area contributed by atoms with Crippen LogP contribution in [0.15, 0.2) is 42.5 Å². The Kier molecular flexibility index (Phi) is 7.27. The van der Waals surface area contributed by atoms with Crippen molar-refractivity contribution in [1.29, 1.82) is 0 Å². The number of hydrogen-bond donors (Lipinski definition) is 1. The van der Waals surface area contributed by atoms with E-state index in [2.05, 4.69) is 11.0 Å². The van der Waals surface area contributed by atoms with Gasteiger partial charge in [0.1, 0.15) is 11.6 Å². The lowest BCUT2D eigenvalue weighted by Gasteiger charge is -2.40. The number of halogens is 2. The monoisotopic (exact) mass is 483 g/mol. The van der Waals surface area contributed by atoms with Crippen LogP contribution in [0.5, 0.6) is 0 Å². The molecule has 4 rings (SSSR count). The number of amides is 2. The van der Waals surface area contributed by atoms with Crippen LogP contribution in [-0.4, -0.2) is 46.8 Å². The van der Waals surface area contributed by atoms with Crippen molar-refractivity contribution in [2.24, 2.45) is 11.1 Å². The maximum Gasteiger partial charge on any atom is 0.248 e. The zero-order valence-electron chi connectivity index (χ0n) is 20.8. The van der Waals surface area contributed by atoms with Gasteiger partial charge in [0.25, 0.3) is 0 Å². The van der Waals surface area contributed by atoms with E-state index in [1.54, 1.807) is 11.0 Å². The molecule has 188 valence electrons. The molecule has 2 heterocycles. The largest absolute Gasteiger partial charge is 0.366 e. The first-order valence-electron chi connectivity index (χ1n) is 12.4. The molecule has 0 spiro atoms. The van der Waals surface area contributed by atoms with Gasteiger partial charge in [-0.3, -0.25) is 14.5 Å². The lowest BCUT2D eigenvalue weighted by molar-refractivity contribution is -0.140. The van der Waals surface area contributed by atoms with Crippen LogP contribution in [0.3, 0.4) is 0 Å². The number of nitrogens with zero attached hydrogens (tertiary/aromatic N) is 2. The fraction of sp³-hybridized carbons (Fsp3) is 0.500.